The zero-order chi connectivity index (χ0) is 9.14. The number of Topliss-reactive ketones (excluding diaryl/α,β-unsaturated/α-hetero) is 1. The van der Waals surface area contributed by atoms with Crippen molar-refractivity contribution in [2.75, 3.05) is 0 Å². The van der Waals surface area contributed by atoms with Crippen LogP contribution in [-0.4, -0.2) is 10.9 Å². The molecule has 0 aliphatic heterocycles. The van der Waals surface area contributed by atoms with Crippen LogP contribution < -0.4 is 0 Å². The lowest BCUT2D eigenvalue weighted by Gasteiger charge is -1.93. The Balaban J connectivity index is 2.70. The first-order valence-corrected chi connectivity index (χ1v) is 4.04. The van der Waals surface area contributed by atoms with Gasteiger partial charge in [0.2, 0.25) is 0 Å². The van der Waals surface area contributed by atoms with E-state index in [2.05, 4.69) is 5.16 Å². The number of ketones is 1. The Kier molecular flexibility index (Phi) is 2.63. The zero-order valence-electron chi connectivity index (χ0n) is 7.63. The molecule has 0 bridgehead atoms. The molecule has 0 aromatic carbocycles. The minimum atomic E-state index is 0.110. The van der Waals surface area contributed by atoms with Gasteiger partial charge in [0.1, 0.15) is 11.5 Å². The summed E-state index contributed by atoms with van der Waals surface area (Å²) < 4.78 is 5.02. The third-order valence-corrected chi connectivity index (χ3v) is 1.58. The highest BCUT2D eigenvalue weighted by atomic mass is 16.5. The van der Waals surface area contributed by atoms with Gasteiger partial charge in [-0.1, -0.05) is 19.0 Å². The predicted molar refractivity (Wildman–Crippen MR) is 45.0 cm³/mol. The molecule has 0 amide bonds. The first kappa shape index (κ1) is 8.97. The Bertz CT molecular complexity index is 276. The molecular weight excluding hydrogens is 154 g/mol. The van der Waals surface area contributed by atoms with Crippen molar-refractivity contribution in [3.8, 4) is 0 Å². The van der Waals surface area contributed by atoms with Gasteiger partial charge in [0.15, 0.2) is 0 Å². The van der Waals surface area contributed by atoms with Crippen LogP contribution in [0.15, 0.2) is 10.6 Å². The van der Waals surface area contributed by atoms with Crippen molar-refractivity contribution in [3.63, 3.8) is 0 Å². The summed E-state index contributed by atoms with van der Waals surface area (Å²) in [5.41, 5.74) is 0.728. The van der Waals surface area contributed by atoms with Gasteiger partial charge in [-0.3, -0.25) is 4.79 Å². The molecule has 0 saturated carbocycles. The molecule has 0 fully saturated rings. The summed E-state index contributed by atoms with van der Waals surface area (Å²) in [5.74, 6) is 1.28. The van der Waals surface area contributed by atoms with E-state index in [1.54, 1.807) is 6.92 Å². The summed E-state index contributed by atoms with van der Waals surface area (Å²) in [7, 11) is 0. The third kappa shape index (κ3) is 2.19. The highest BCUT2D eigenvalue weighted by Crippen LogP contribution is 2.15. The van der Waals surface area contributed by atoms with E-state index in [0.29, 0.717) is 12.3 Å². The normalized spacial score (nSPS) is 10.7. The van der Waals surface area contributed by atoms with Gasteiger partial charge >= 0.3 is 0 Å². The molecule has 1 aromatic heterocycles. The maximum atomic E-state index is 10.7. The molecular formula is C9H13NO2. The minimum Gasteiger partial charge on any atom is -0.361 e. The SMILES string of the molecule is CC(=O)Cc1cc(C(C)C)on1. The van der Waals surface area contributed by atoms with Gasteiger partial charge < -0.3 is 4.52 Å². The highest BCUT2D eigenvalue weighted by molar-refractivity contribution is 5.77. The summed E-state index contributed by atoms with van der Waals surface area (Å²) in [6.45, 7) is 5.60. The second-order valence-electron chi connectivity index (χ2n) is 3.25. The summed E-state index contributed by atoms with van der Waals surface area (Å²) >= 11 is 0. The number of carbonyl (C=O) groups excluding carboxylic acids is 1. The quantitative estimate of drug-likeness (QED) is 0.690. The number of nitrogens with zero attached hydrogens (tertiary/aromatic N) is 1. The molecule has 0 N–H and O–H groups in total. The van der Waals surface area contributed by atoms with Gasteiger partial charge in [-0.2, -0.15) is 0 Å². The van der Waals surface area contributed by atoms with Crippen LogP contribution in [0.2, 0.25) is 0 Å². The van der Waals surface area contributed by atoms with Gasteiger partial charge in [0.25, 0.3) is 0 Å². The van der Waals surface area contributed by atoms with Crippen molar-refractivity contribution in [2.45, 2.75) is 33.1 Å². The van der Waals surface area contributed by atoms with E-state index in [1.165, 1.54) is 0 Å². The van der Waals surface area contributed by atoms with E-state index in [-0.39, 0.29) is 5.78 Å². The molecule has 0 aliphatic rings. The van der Waals surface area contributed by atoms with Crippen molar-refractivity contribution in [2.24, 2.45) is 0 Å². The monoisotopic (exact) mass is 167 g/mol. The Morgan fingerprint density at radius 1 is 1.67 bits per heavy atom. The molecule has 0 aliphatic carbocycles. The van der Waals surface area contributed by atoms with E-state index in [4.69, 9.17) is 4.52 Å². The second-order valence-corrected chi connectivity index (χ2v) is 3.25. The fourth-order valence-electron chi connectivity index (χ4n) is 0.939. The average Bonchev–Trinajstić information content (AvgIpc) is 2.34. The van der Waals surface area contributed by atoms with Crippen molar-refractivity contribution >= 4 is 5.78 Å². The molecule has 3 nitrogen and oxygen atoms in total. The van der Waals surface area contributed by atoms with Crippen LogP contribution >= 0.6 is 0 Å². The number of hydrogen-bond acceptors (Lipinski definition) is 3. The van der Waals surface area contributed by atoms with Crippen molar-refractivity contribution in [3.05, 3.63) is 17.5 Å². The van der Waals surface area contributed by atoms with E-state index >= 15 is 0 Å². The maximum Gasteiger partial charge on any atom is 0.139 e. The maximum absolute atomic E-state index is 10.7. The van der Waals surface area contributed by atoms with Crippen LogP contribution in [-0.2, 0) is 11.2 Å². The summed E-state index contributed by atoms with van der Waals surface area (Å²) in [4.78, 5) is 10.7. The van der Waals surface area contributed by atoms with Gasteiger partial charge in [0, 0.05) is 12.0 Å². The van der Waals surface area contributed by atoms with Crippen LogP contribution in [0, 0.1) is 0 Å². The molecule has 66 valence electrons. The Morgan fingerprint density at radius 2 is 2.33 bits per heavy atom. The van der Waals surface area contributed by atoms with Gasteiger partial charge in [-0.05, 0) is 6.92 Å². The molecule has 0 saturated heterocycles. The number of rotatable bonds is 3. The van der Waals surface area contributed by atoms with E-state index in [9.17, 15) is 4.79 Å². The van der Waals surface area contributed by atoms with Crippen LogP contribution in [0.1, 0.15) is 38.1 Å². The Hall–Kier alpha value is -1.12. The van der Waals surface area contributed by atoms with Gasteiger partial charge in [-0.25, -0.2) is 0 Å². The molecule has 12 heavy (non-hydrogen) atoms. The van der Waals surface area contributed by atoms with E-state index in [1.807, 2.05) is 19.9 Å². The largest absolute Gasteiger partial charge is 0.361 e. The molecule has 1 aromatic rings. The van der Waals surface area contributed by atoms with Crippen molar-refractivity contribution in [1.82, 2.24) is 5.16 Å². The Morgan fingerprint density at radius 3 is 2.75 bits per heavy atom. The number of hydrogen-bond donors (Lipinski definition) is 0. The van der Waals surface area contributed by atoms with Gasteiger partial charge in [0.05, 0.1) is 12.1 Å². The molecule has 1 rings (SSSR count). The highest BCUT2D eigenvalue weighted by Gasteiger charge is 2.08. The van der Waals surface area contributed by atoms with Crippen LogP contribution in [0.5, 0.6) is 0 Å². The predicted octanol–water partition coefficient (Wildman–Crippen LogP) is 1.93. The number of carbonyl (C=O) groups is 1. The molecule has 1 heterocycles. The minimum absolute atomic E-state index is 0.110. The van der Waals surface area contributed by atoms with Crippen LogP contribution in [0.25, 0.3) is 0 Å². The van der Waals surface area contributed by atoms with Crippen LogP contribution in [0.3, 0.4) is 0 Å². The molecule has 3 heteroatoms. The van der Waals surface area contributed by atoms with Crippen LogP contribution in [0.4, 0.5) is 0 Å². The smallest absolute Gasteiger partial charge is 0.139 e. The third-order valence-electron chi connectivity index (χ3n) is 1.58. The first-order valence-electron chi connectivity index (χ1n) is 4.04. The zero-order valence-corrected chi connectivity index (χ0v) is 7.63. The molecule has 0 radical (unpaired) electrons. The molecule has 0 unspecified atom stereocenters. The van der Waals surface area contributed by atoms with Crippen molar-refractivity contribution in [1.29, 1.82) is 0 Å². The van der Waals surface area contributed by atoms with E-state index < -0.39 is 0 Å². The summed E-state index contributed by atoms with van der Waals surface area (Å²) in [6.07, 6.45) is 0.371. The lowest BCUT2D eigenvalue weighted by molar-refractivity contribution is -0.116. The Labute approximate surface area is 71.7 Å². The number of aromatic nitrogens is 1. The topological polar surface area (TPSA) is 43.1 Å². The van der Waals surface area contributed by atoms with Gasteiger partial charge in [-0.15, -0.1) is 0 Å². The fourth-order valence-corrected chi connectivity index (χ4v) is 0.939. The first-order chi connectivity index (χ1) is 5.59. The second kappa shape index (κ2) is 3.52. The fraction of sp³-hybridized carbons (Fsp3) is 0.556. The van der Waals surface area contributed by atoms with E-state index in [0.717, 1.165) is 11.5 Å². The molecule has 0 atom stereocenters. The lowest BCUT2D eigenvalue weighted by Crippen LogP contribution is -1.95. The lowest BCUT2D eigenvalue weighted by atomic mass is 10.1. The standard InChI is InChI=1S/C9H13NO2/c1-6(2)9-5-8(10-12-9)4-7(3)11/h5-6H,4H2,1-3H3. The molecule has 0 spiro atoms. The average molecular weight is 167 g/mol. The summed E-state index contributed by atoms with van der Waals surface area (Å²) in [6, 6.07) is 1.84. The van der Waals surface area contributed by atoms with Crippen molar-refractivity contribution < 1.29 is 9.32 Å². The summed E-state index contributed by atoms with van der Waals surface area (Å²) in [5, 5.41) is 3.78.